The number of ether oxygens (including phenoxy) is 3. The first kappa shape index (κ1) is 13.4. The Morgan fingerprint density at radius 3 is 2.95 bits per heavy atom. The van der Waals surface area contributed by atoms with Gasteiger partial charge in [-0.05, 0) is 23.6 Å². The first-order chi connectivity index (χ1) is 10.2. The molecule has 2 heterocycles. The van der Waals surface area contributed by atoms with Crippen LogP contribution in [0.1, 0.15) is 0 Å². The van der Waals surface area contributed by atoms with Crippen molar-refractivity contribution in [1.82, 2.24) is 4.98 Å². The third-order valence-corrected chi connectivity index (χ3v) is 3.20. The Kier molecular flexibility index (Phi) is 3.49. The van der Waals surface area contributed by atoms with Gasteiger partial charge in [-0.3, -0.25) is 0 Å². The molecule has 1 aromatic heterocycles. The van der Waals surface area contributed by atoms with Gasteiger partial charge in [0.15, 0.2) is 11.5 Å². The number of aromatic nitrogens is 1. The first-order valence-corrected chi connectivity index (χ1v) is 6.35. The number of anilines is 1. The average molecular weight is 290 g/mol. The predicted octanol–water partition coefficient (Wildman–Crippen LogP) is 1.47. The van der Waals surface area contributed by atoms with Crippen molar-refractivity contribution in [2.24, 2.45) is 0 Å². The molecule has 1 atom stereocenters. The molecule has 1 aliphatic heterocycles. The highest BCUT2D eigenvalue weighted by molar-refractivity contribution is 5.95. The molecule has 0 aliphatic carbocycles. The Bertz CT molecular complexity index is 688. The summed E-state index contributed by atoms with van der Waals surface area (Å²) >= 11 is 0. The van der Waals surface area contributed by atoms with E-state index >= 15 is 0 Å². The van der Waals surface area contributed by atoms with Crippen LogP contribution in [0.15, 0.2) is 24.4 Å². The van der Waals surface area contributed by atoms with Crippen molar-refractivity contribution in [2.75, 3.05) is 25.8 Å². The smallest absolute Gasteiger partial charge is 0.328 e. The molecule has 0 fully saturated rings. The average Bonchev–Trinajstić information content (AvgIpc) is 2.92. The van der Waals surface area contributed by atoms with Gasteiger partial charge >= 0.3 is 5.97 Å². The molecule has 0 saturated carbocycles. The summed E-state index contributed by atoms with van der Waals surface area (Å²) in [5, 5.41) is 13.7. The number of fused-ring (bicyclic) bond motifs is 2. The normalized spacial score (nSPS) is 14.1. The molecule has 0 bridgehead atoms. The van der Waals surface area contributed by atoms with Gasteiger partial charge in [-0.15, -0.1) is 0 Å². The highest BCUT2D eigenvalue weighted by Crippen LogP contribution is 2.37. The van der Waals surface area contributed by atoms with Gasteiger partial charge in [0.1, 0.15) is 11.9 Å². The summed E-state index contributed by atoms with van der Waals surface area (Å²) in [7, 11) is 1.45. The van der Waals surface area contributed by atoms with Gasteiger partial charge in [-0.2, -0.15) is 0 Å². The molecule has 1 aliphatic rings. The van der Waals surface area contributed by atoms with E-state index in [1.165, 1.54) is 7.11 Å². The topological polar surface area (TPSA) is 89.9 Å². The largest absolute Gasteiger partial charge is 0.480 e. The number of nitrogens with zero attached hydrogens (tertiary/aromatic N) is 1. The molecule has 110 valence electrons. The van der Waals surface area contributed by atoms with Crippen LogP contribution in [-0.4, -0.2) is 42.6 Å². The monoisotopic (exact) mass is 290 g/mol. The van der Waals surface area contributed by atoms with Crippen LogP contribution >= 0.6 is 0 Å². The van der Waals surface area contributed by atoms with Crippen LogP contribution in [0.4, 0.5) is 5.82 Å². The molecule has 7 nitrogen and oxygen atoms in total. The van der Waals surface area contributed by atoms with Gasteiger partial charge in [0.25, 0.3) is 0 Å². The van der Waals surface area contributed by atoms with E-state index in [-0.39, 0.29) is 13.4 Å². The first-order valence-electron chi connectivity index (χ1n) is 6.35. The zero-order chi connectivity index (χ0) is 14.8. The van der Waals surface area contributed by atoms with Gasteiger partial charge in [-0.1, -0.05) is 0 Å². The van der Waals surface area contributed by atoms with E-state index < -0.39 is 12.0 Å². The van der Waals surface area contributed by atoms with Crippen molar-refractivity contribution < 1.29 is 24.1 Å². The fourth-order valence-electron chi connectivity index (χ4n) is 2.18. The van der Waals surface area contributed by atoms with E-state index in [0.29, 0.717) is 17.3 Å². The number of nitrogens with one attached hydrogen (secondary N) is 1. The Hall–Kier alpha value is -2.54. The number of hydrogen-bond donors (Lipinski definition) is 2. The van der Waals surface area contributed by atoms with E-state index in [9.17, 15) is 9.90 Å². The number of aliphatic carboxylic acids is 1. The predicted molar refractivity (Wildman–Crippen MR) is 74.8 cm³/mol. The number of pyridine rings is 1. The minimum Gasteiger partial charge on any atom is -0.480 e. The van der Waals surface area contributed by atoms with Crippen LogP contribution in [0.3, 0.4) is 0 Å². The Morgan fingerprint density at radius 2 is 2.24 bits per heavy atom. The standard InChI is InChI=1S/C14H14N2O5/c1-19-6-10(14(17)18)16-13-9-5-12-11(20-7-21-12)4-8(9)2-3-15-13/h2-5,10H,6-7H2,1H3,(H,15,16)(H,17,18). The van der Waals surface area contributed by atoms with Crippen molar-refractivity contribution in [1.29, 1.82) is 0 Å². The fraction of sp³-hybridized carbons (Fsp3) is 0.286. The zero-order valence-corrected chi connectivity index (χ0v) is 11.3. The van der Waals surface area contributed by atoms with Crippen molar-refractivity contribution in [3.8, 4) is 11.5 Å². The minimum atomic E-state index is -1.00. The van der Waals surface area contributed by atoms with E-state index in [0.717, 1.165) is 10.8 Å². The maximum absolute atomic E-state index is 11.2. The molecule has 0 radical (unpaired) electrons. The van der Waals surface area contributed by atoms with Crippen LogP contribution < -0.4 is 14.8 Å². The molecule has 1 unspecified atom stereocenters. The third kappa shape index (κ3) is 2.55. The van der Waals surface area contributed by atoms with Crippen molar-refractivity contribution in [3.63, 3.8) is 0 Å². The van der Waals surface area contributed by atoms with Crippen molar-refractivity contribution in [2.45, 2.75) is 6.04 Å². The number of methoxy groups -OCH3 is 1. The summed E-state index contributed by atoms with van der Waals surface area (Å²) in [6, 6.07) is 4.59. The molecule has 3 rings (SSSR count). The quantitative estimate of drug-likeness (QED) is 0.861. The number of carbonyl (C=O) groups is 1. The number of rotatable bonds is 5. The molecule has 0 saturated heterocycles. The number of carboxylic acid groups (broad SMARTS) is 1. The molecule has 2 N–H and O–H groups in total. The van der Waals surface area contributed by atoms with Crippen molar-refractivity contribution in [3.05, 3.63) is 24.4 Å². The molecule has 0 spiro atoms. The summed E-state index contributed by atoms with van der Waals surface area (Å²) in [5.74, 6) is 0.759. The lowest BCUT2D eigenvalue weighted by molar-refractivity contribution is -0.139. The van der Waals surface area contributed by atoms with Gasteiger partial charge in [-0.25, -0.2) is 9.78 Å². The second-order valence-corrected chi connectivity index (χ2v) is 4.58. The Morgan fingerprint density at radius 1 is 1.48 bits per heavy atom. The Labute approximate surface area is 120 Å². The lowest BCUT2D eigenvalue weighted by atomic mass is 10.1. The van der Waals surface area contributed by atoms with Gasteiger partial charge in [0.05, 0.1) is 6.61 Å². The molecule has 7 heteroatoms. The second kappa shape index (κ2) is 5.45. The zero-order valence-electron chi connectivity index (χ0n) is 11.3. The van der Waals surface area contributed by atoms with E-state index in [2.05, 4.69) is 10.3 Å². The number of benzene rings is 1. The van der Waals surface area contributed by atoms with Crippen LogP contribution in [0.2, 0.25) is 0 Å². The molecule has 0 amide bonds. The van der Waals surface area contributed by atoms with Gasteiger partial charge in [0.2, 0.25) is 6.79 Å². The van der Waals surface area contributed by atoms with Crippen LogP contribution in [0, 0.1) is 0 Å². The van der Waals surface area contributed by atoms with Crippen LogP contribution in [0.5, 0.6) is 11.5 Å². The van der Waals surface area contributed by atoms with E-state index in [4.69, 9.17) is 14.2 Å². The molecule has 21 heavy (non-hydrogen) atoms. The summed E-state index contributed by atoms with van der Waals surface area (Å²) in [6.45, 7) is 0.223. The van der Waals surface area contributed by atoms with Gasteiger partial charge in [0, 0.05) is 18.7 Å². The molecule has 2 aromatic rings. The lowest BCUT2D eigenvalue weighted by Gasteiger charge is -2.15. The summed E-state index contributed by atoms with van der Waals surface area (Å²) in [5.41, 5.74) is 0. The molecular weight excluding hydrogens is 276 g/mol. The SMILES string of the molecule is COCC(Nc1nccc2cc3c(cc12)OCO3)C(=O)O. The van der Waals surface area contributed by atoms with E-state index in [1.54, 1.807) is 12.3 Å². The number of hydrogen-bond acceptors (Lipinski definition) is 6. The number of carboxylic acids is 1. The summed E-state index contributed by atoms with van der Waals surface area (Å²) in [6.07, 6.45) is 1.61. The molecule has 1 aromatic carbocycles. The van der Waals surface area contributed by atoms with Crippen LogP contribution in [-0.2, 0) is 9.53 Å². The highest BCUT2D eigenvalue weighted by atomic mass is 16.7. The lowest BCUT2D eigenvalue weighted by Crippen LogP contribution is -2.34. The summed E-state index contributed by atoms with van der Waals surface area (Å²) < 4.78 is 15.6. The molecular formula is C14H14N2O5. The van der Waals surface area contributed by atoms with Gasteiger partial charge < -0.3 is 24.6 Å². The maximum atomic E-state index is 11.2. The highest BCUT2D eigenvalue weighted by Gasteiger charge is 2.20. The Balaban J connectivity index is 2.00. The fourth-order valence-corrected chi connectivity index (χ4v) is 2.18. The van der Waals surface area contributed by atoms with E-state index in [1.807, 2.05) is 12.1 Å². The van der Waals surface area contributed by atoms with Crippen molar-refractivity contribution >= 4 is 22.6 Å². The second-order valence-electron chi connectivity index (χ2n) is 4.58. The maximum Gasteiger partial charge on any atom is 0.328 e. The summed E-state index contributed by atoms with van der Waals surface area (Å²) in [4.78, 5) is 15.4. The minimum absolute atomic E-state index is 0.0396. The van der Waals surface area contributed by atoms with Crippen LogP contribution in [0.25, 0.3) is 10.8 Å². The third-order valence-electron chi connectivity index (χ3n) is 3.20.